The van der Waals surface area contributed by atoms with Crippen LogP contribution in [0.5, 0.6) is 5.75 Å². The van der Waals surface area contributed by atoms with E-state index < -0.39 is 0 Å². The molecule has 1 aromatic carbocycles. The van der Waals surface area contributed by atoms with E-state index in [1.807, 2.05) is 6.07 Å². The molecule has 0 bridgehead atoms. The van der Waals surface area contributed by atoms with Crippen LogP contribution in [0.3, 0.4) is 0 Å². The summed E-state index contributed by atoms with van der Waals surface area (Å²) in [6.45, 7) is 2.21. The maximum absolute atomic E-state index is 10.1. The van der Waals surface area contributed by atoms with Crippen LogP contribution in [0.2, 0.25) is 0 Å². The van der Waals surface area contributed by atoms with Crippen LogP contribution < -0.4 is 5.32 Å². The molecular weight excluding hydrogens is 208 g/mol. The number of ether oxygens (including phenoxy) is 1. The molecule has 0 amide bonds. The van der Waals surface area contributed by atoms with Gasteiger partial charge in [0, 0.05) is 18.7 Å². The Balaban J connectivity index is 2.05. The minimum Gasteiger partial charge on any atom is -0.505 e. The minimum atomic E-state index is -0.116. The zero-order valence-electron chi connectivity index (χ0n) is 8.64. The topological polar surface area (TPSA) is 67.5 Å². The summed E-state index contributed by atoms with van der Waals surface area (Å²) in [4.78, 5) is 3.98. The molecule has 1 aliphatic rings. The van der Waals surface area contributed by atoms with Gasteiger partial charge in [-0.1, -0.05) is 0 Å². The Morgan fingerprint density at radius 2 is 2.38 bits per heavy atom. The molecular formula is C11H12N2O3. The maximum Gasteiger partial charge on any atom is 0.182 e. The van der Waals surface area contributed by atoms with Gasteiger partial charge in [-0.05, 0) is 12.1 Å². The van der Waals surface area contributed by atoms with Gasteiger partial charge in [0.05, 0.1) is 12.7 Å². The van der Waals surface area contributed by atoms with Crippen molar-refractivity contribution < 1.29 is 14.3 Å². The van der Waals surface area contributed by atoms with Gasteiger partial charge in [0.25, 0.3) is 0 Å². The quantitative estimate of drug-likeness (QED) is 0.755. The molecule has 0 aliphatic carbocycles. The molecule has 2 N–H and O–H groups in total. The second kappa shape index (κ2) is 3.77. The number of morpholine rings is 1. The summed E-state index contributed by atoms with van der Waals surface area (Å²) in [7, 11) is 0. The number of benzene rings is 1. The normalized spacial score (nSPS) is 21.4. The molecule has 16 heavy (non-hydrogen) atoms. The van der Waals surface area contributed by atoms with Crippen molar-refractivity contribution in [2.75, 3.05) is 19.7 Å². The van der Waals surface area contributed by atoms with Crippen LogP contribution in [0, 0.1) is 0 Å². The zero-order chi connectivity index (χ0) is 11.0. The molecule has 1 saturated heterocycles. The van der Waals surface area contributed by atoms with E-state index in [0.29, 0.717) is 24.3 Å². The SMILES string of the molecule is Oc1c(C2CNCCO2)ccc2ocnc12. The van der Waals surface area contributed by atoms with E-state index in [2.05, 4.69) is 10.3 Å². The Labute approximate surface area is 92.0 Å². The third kappa shape index (κ3) is 1.45. The average molecular weight is 220 g/mol. The van der Waals surface area contributed by atoms with Crippen LogP contribution in [0.4, 0.5) is 0 Å². The first kappa shape index (κ1) is 9.62. The van der Waals surface area contributed by atoms with Crippen molar-refractivity contribution >= 4 is 11.1 Å². The van der Waals surface area contributed by atoms with Crippen molar-refractivity contribution in [3.8, 4) is 5.75 Å². The molecule has 1 aromatic heterocycles. The van der Waals surface area contributed by atoms with Gasteiger partial charge in [-0.3, -0.25) is 0 Å². The van der Waals surface area contributed by atoms with E-state index in [1.54, 1.807) is 6.07 Å². The highest BCUT2D eigenvalue weighted by atomic mass is 16.5. The Morgan fingerprint density at radius 3 is 3.19 bits per heavy atom. The number of nitrogens with one attached hydrogen (secondary N) is 1. The zero-order valence-corrected chi connectivity index (χ0v) is 8.64. The summed E-state index contributed by atoms with van der Waals surface area (Å²) < 4.78 is 10.7. The number of phenols is 1. The van der Waals surface area contributed by atoms with Crippen LogP contribution in [0.15, 0.2) is 22.9 Å². The molecule has 2 aromatic rings. The first-order valence-electron chi connectivity index (χ1n) is 5.23. The standard InChI is InChI=1S/C11H12N2O3/c14-11-7(9-5-12-3-4-15-9)1-2-8-10(11)13-6-16-8/h1-2,6,9,12,14H,3-5H2. The lowest BCUT2D eigenvalue weighted by atomic mass is 10.1. The molecule has 1 aliphatic heterocycles. The molecule has 3 rings (SSSR count). The Morgan fingerprint density at radius 1 is 1.44 bits per heavy atom. The third-order valence-electron chi connectivity index (χ3n) is 2.78. The van der Waals surface area contributed by atoms with Crippen LogP contribution in [0.25, 0.3) is 11.1 Å². The fraction of sp³-hybridized carbons (Fsp3) is 0.364. The Hall–Kier alpha value is -1.59. The number of oxazole rings is 1. The summed E-state index contributed by atoms with van der Waals surface area (Å²) in [6.07, 6.45) is 1.21. The predicted octanol–water partition coefficient (Wildman–Crippen LogP) is 1.19. The summed E-state index contributed by atoms with van der Waals surface area (Å²) in [5, 5.41) is 13.3. The van der Waals surface area contributed by atoms with E-state index in [4.69, 9.17) is 9.15 Å². The van der Waals surface area contributed by atoms with Crippen molar-refractivity contribution in [3.63, 3.8) is 0 Å². The van der Waals surface area contributed by atoms with Crippen molar-refractivity contribution in [3.05, 3.63) is 24.1 Å². The lowest BCUT2D eigenvalue weighted by Crippen LogP contribution is -2.33. The number of fused-ring (bicyclic) bond motifs is 1. The largest absolute Gasteiger partial charge is 0.505 e. The van der Waals surface area contributed by atoms with Crippen molar-refractivity contribution in [2.45, 2.75) is 6.10 Å². The van der Waals surface area contributed by atoms with E-state index in [-0.39, 0.29) is 11.9 Å². The van der Waals surface area contributed by atoms with E-state index in [9.17, 15) is 5.11 Å². The highest BCUT2D eigenvalue weighted by Crippen LogP contribution is 2.33. The predicted molar refractivity (Wildman–Crippen MR) is 57.2 cm³/mol. The highest BCUT2D eigenvalue weighted by molar-refractivity contribution is 5.80. The van der Waals surface area contributed by atoms with Gasteiger partial charge < -0.3 is 19.6 Å². The van der Waals surface area contributed by atoms with Gasteiger partial charge in [0.2, 0.25) is 0 Å². The second-order valence-corrected chi connectivity index (χ2v) is 3.77. The van der Waals surface area contributed by atoms with E-state index >= 15 is 0 Å². The lowest BCUT2D eigenvalue weighted by Gasteiger charge is -2.24. The molecule has 0 spiro atoms. The molecule has 5 nitrogen and oxygen atoms in total. The average Bonchev–Trinajstić information content (AvgIpc) is 2.80. The fourth-order valence-electron chi connectivity index (χ4n) is 1.96. The van der Waals surface area contributed by atoms with Gasteiger partial charge in [0.1, 0.15) is 0 Å². The number of aromatic hydroxyl groups is 1. The monoisotopic (exact) mass is 220 g/mol. The lowest BCUT2D eigenvalue weighted by molar-refractivity contribution is 0.0264. The van der Waals surface area contributed by atoms with Crippen molar-refractivity contribution in [2.24, 2.45) is 0 Å². The summed E-state index contributed by atoms with van der Waals surface area (Å²) in [5.41, 5.74) is 1.84. The van der Waals surface area contributed by atoms with Gasteiger partial charge in [-0.2, -0.15) is 0 Å². The smallest absolute Gasteiger partial charge is 0.182 e. The number of nitrogens with zero attached hydrogens (tertiary/aromatic N) is 1. The molecule has 1 fully saturated rings. The number of phenolic OH excluding ortho intramolecular Hbond substituents is 1. The summed E-state index contributed by atoms with van der Waals surface area (Å²) in [6, 6.07) is 3.62. The van der Waals surface area contributed by atoms with Gasteiger partial charge in [0.15, 0.2) is 23.2 Å². The Kier molecular flexibility index (Phi) is 2.27. The maximum atomic E-state index is 10.1. The molecule has 1 unspecified atom stereocenters. The number of rotatable bonds is 1. The van der Waals surface area contributed by atoms with Gasteiger partial charge >= 0.3 is 0 Å². The molecule has 1 atom stereocenters. The van der Waals surface area contributed by atoms with E-state index in [0.717, 1.165) is 12.1 Å². The summed E-state index contributed by atoms with van der Waals surface area (Å²) in [5.74, 6) is 0.153. The van der Waals surface area contributed by atoms with Crippen molar-refractivity contribution in [1.82, 2.24) is 10.3 Å². The fourth-order valence-corrected chi connectivity index (χ4v) is 1.96. The summed E-state index contributed by atoms with van der Waals surface area (Å²) >= 11 is 0. The highest BCUT2D eigenvalue weighted by Gasteiger charge is 2.21. The number of hydrogen-bond acceptors (Lipinski definition) is 5. The van der Waals surface area contributed by atoms with Crippen LogP contribution >= 0.6 is 0 Å². The Bertz CT molecular complexity index is 503. The molecule has 0 radical (unpaired) electrons. The molecule has 0 saturated carbocycles. The van der Waals surface area contributed by atoms with Gasteiger partial charge in [-0.25, -0.2) is 4.98 Å². The third-order valence-corrected chi connectivity index (χ3v) is 2.78. The molecule has 84 valence electrons. The molecule has 5 heteroatoms. The number of hydrogen-bond donors (Lipinski definition) is 2. The van der Waals surface area contributed by atoms with Crippen LogP contribution in [0.1, 0.15) is 11.7 Å². The van der Waals surface area contributed by atoms with Crippen LogP contribution in [-0.2, 0) is 4.74 Å². The van der Waals surface area contributed by atoms with Crippen molar-refractivity contribution in [1.29, 1.82) is 0 Å². The second-order valence-electron chi connectivity index (χ2n) is 3.77. The van der Waals surface area contributed by atoms with E-state index in [1.165, 1.54) is 6.39 Å². The minimum absolute atomic E-state index is 0.116. The van der Waals surface area contributed by atoms with Gasteiger partial charge in [-0.15, -0.1) is 0 Å². The van der Waals surface area contributed by atoms with Crippen LogP contribution in [-0.4, -0.2) is 29.8 Å². The number of aromatic nitrogens is 1. The first-order chi connectivity index (χ1) is 7.86. The molecule has 2 heterocycles. The first-order valence-corrected chi connectivity index (χ1v) is 5.23.